The zero-order valence-electron chi connectivity index (χ0n) is 10.9. The highest BCUT2D eigenvalue weighted by Gasteiger charge is 2.27. The number of hydrogen-bond acceptors (Lipinski definition) is 2. The fraction of sp³-hybridized carbons (Fsp3) is 0.125. The standard InChI is InChI=1S/C16H15ClO2S/c1-2-6-16(13-7-4-3-5-8-13)20(18,19)15-11-9-14(17)10-12-15/h2-5,7-12,16H,1,6H2. The van der Waals surface area contributed by atoms with Crippen LogP contribution in [0.3, 0.4) is 0 Å². The van der Waals surface area contributed by atoms with Crippen molar-refractivity contribution in [2.45, 2.75) is 16.6 Å². The van der Waals surface area contributed by atoms with Crippen LogP contribution in [0.1, 0.15) is 17.2 Å². The Morgan fingerprint density at radius 2 is 1.65 bits per heavy atom. The minimum absolute atomic E-state index is 0.276. The largest absolute Gasteiger partial charge is 0.223 e. The Balaban J connectivity index is 2.48. The summed E-state index contributed by atoms with van der Waals surface area (Å²) in [5.41, 5.74) is 0.766. The normalized spacial score (nSPS) is 12.8. The second-order valence-electron chi connectivity index (χ2n) is 4.42. The van der Waals surface area contributed by atoms with Crippen LogP contribution >= 0.6 is 11.6 Å². The van der Waals surface area contributed by atoms with Gasteiger partial charge in [0.05, 0.1) is 10.1 Å². The monoisotopic (exact) mass is 306 g/mol. The van der Waals surface area contributed by atoms with Crippen LogP contribution < -0.4 is 0 Å². The number of halogens is 1. The summed E-state index contributed by atoms with van der Waals surface area (Å²) in [5.74, 6) is 0. The van der Waals surface area contributed by atoms with Crippen LogP contribution in [0.25, 0.3) is 0 Å². The smallest absolute Gasteiger partial charge is 0.185 e. The summed E-state index contributed by atoms with van der Waals surface area (Å²) in [6.07, 6.45) is 2.00. The van der Waals surface area contributed by atoms with Crippen LogP contribution in [0.2, 0.25) is 5.02 Å². The van der Waals surface area contributed by atoms with Gasteiger partial charge in [-0.05, 0) is 36.2 Å². The molecule has 2 aromatic rings. The van der Waals surface area contributed by atoms with Crippen LogP contribution in [0.5, 0.6) is 0 Å². The maximum Gasteiger partial charge on any atom is 0.185 e. The lowest BCUT2D eigenvalue weighted by molar-refractivity contribution is 0.582. The minimum atomic E-state index is -3.46. The third-order valence-corrected chi connectivity index (χ3v) is 5.46. The molecule has 0 fully saturated rings. The highest BCUT2D eigenvalue weighted by atomic mass is 35.5. The summed E-state index contributed by atoms with van der Waals surface area (Å²) in [5, 5.41) is -0.105. The Kier molecular flexibility index (Phi) is 4.63. The molecule has 2 aromatic carbocycles. The second kappa shape index (κ2) is 6.25. The molecule has 104 valence electrons. The molecule has 0 heterocycles. The van der Waals surface area contributed by atoms with Crippen LogP contribution in [0, 0.1) is 0 Å². The van der Waals surface area contributed by atoms with E-state index in [1.54, 1.807) is 18.2 Å². The molecule has 0 aliphatic rings. The van der Waals surface area contributed by atoms with Crippen molar-refractivity contribution in [2.75, 3.05) is 0 Å². The van der Waals surface area contributed by atoms with Crippen LogP contribution in [-0.2, 0) is 9.84 Å². The molecule has 0 aliphatic heterocycles. The van der Waals surface area contributed by atoms with Gasteiger partial charge in [-0.25, -0.2) is 8.42 Å². The van der Waals surface area contributed by atoms with E-state index in [2.05, 4.69) is 6.58 Å². The van der Waals surface area contributed by atoms with E-state index in [9.17, 15) is 8.42 Å². The molecule has 0 aliphatic carbocycles. The van der Waals surface area contributed by atoms with Gasteiger partial charge >= 0.3 is 0 Å². The van der Waals surface area contributed by atoms with Crippen molar-refractivity contribution in [3.05, 3.63) is 77.8 Å². The minimum Gasteiger partial charge on any atom is -0.223 e. The van der Waals surface area contributed by atoms with Crippen molar-refractivity contribution in [3.8, 4) is 0 Å². The van der Waals surface area contributed by atoms with Gasteiger partial charge in [-0.3, -0.25) is 0 Å². The van der Waals surface area contributed by atoms with Crippen LogP contribution in [-0.4, -0.2) is 8.42 Å². The van der Waals surface area contributed by atoms with E-state index >= 15 is 0 Å². The van der Waals surface area contributed by atoms with E-state index in [1.807, 2.05) is 30.3 Å². The first-order valence-electron chi connectivity index (χ1n) is 6.21. The Hall–Kier alpha value is -1.58. The third kappa shape index (κ3) is 3.11. The van der Waals surface area contributed by atoms with E-state index in [0.29, 0.717) is 11.4 Å². The maximum absolute atomic E-state index is 12.7. The Morgan fingerprint density at radius 3 is 2.20 bits per heavy atom. The lowest BCUT2D eigenvalue weighted by Crippen LogP contribution is -2.13. The van der Waals surface area contributed by atoms with Crippen molar-refractivity contribution in [3.63, 3.8) is 0 Å². The van der Waals surface area contributed by atoms with Gasteiger partial charge in [0.2, 0.25) is 0 Å². The fourth-order valence-corrected chi connectivity index (χ4v) is 3.92. The first-order chi connectivity index (χ1) is 9.55. The number of rotatable bonds is 5. The van der Waals surface area contributed by atoms with E-state index in [-0.39, 0.29) is 4.90 Å². The number of hydrogen-bond donors (Lipinski definition) is 0. The number of sulfone groups is 1. The van der Waals surface area contributed by atoms with Gasteiger partial charge in [-0.2, -0.15) is 0 Å². The lowest BCUT2D eigenvalue weighted by Gasteiger charge is -2.16. The van der Waals surface area contributed by atoms with Crippen molar-refractivity contribution in [1.82, 2.24) is 0 Å². The number of allylic oxidation sites excluding steroid dienone is 1. The van der Waals surface area contributed by atoms with Gasteiger partial charge in [-0.15, -0.1) is 6.58 Å². The predicted molar refractivity (Wildman–Crippen MR) is 82.6 cm³/mol. The van der Waals surface area contributed by atoms with E-state index < -0.39 is 15.1 Å². The average Bonchev–Trinajstić information content (AvgIpc) is 2.46. The molecule has 0 amide bonds. The first kappa shape index (κ1) is 14.8. The molecule has 2 nitrogen and oxygen atoms in total. The molecule has 1 unspecified atom stereocenters. The lowest BCUT2D eigenvalue weighted by atomic mass is 10.1. The molecule has 20 heavy (non-hydrogen) atoms. The summed E-state index contributed by atoms with van der Waals surface area (Å²) in [7, 11) is -3.46. The zero-order chi connectivity index (χ0) is 14.6. The zero-order valence-corrected chi connectivity index (χ0v) is 12.4. The Bertz CT molecular complexity index is 676. The van der Waals surface area contributed by atoms with Crippen molar-refractivity contribution in [2.24, 2.45) is 0 Å². The SMILES string of the molecule is C=CCC(c1ccccc1)S(=O)(=O)c1ccc(Cl)cc1. The van der Waals surface area contributed by atoms with Gasteiger partial charge in [0.25, 0.3) is 0 Å². The molecular weight excluding hydrogens is 292 g/mol. The average molecular weight is 307 g/mol. The third-order valence-electron chi connectivity index (χ3n) is 3.07. The highest BCUT2D eigenvalue weighted by molar-refractivity contribution is 7.91. The van der Waals surface area contributed by atoms with Crippen molar-refractivity contribution >= 4 is 21.4 Å². The van der Waals surface area contributed by atoms with Gasteiger partial charge in [0.1, 0.15) is 0 Å². The fourth-order valence-electron chi connectivity index (χ4n) is 2.05. The van der Waals surface area contributed by atoms with Crippen molar-refractivity contribution in [1.29, 1.82) is 0 Å². The Labute approximate surface area is 124 Å². The van der Waals surface area contributed by atoms with Gasteiger partial charge < -0.3 is 0 Å². The Morgan fingerprint density at radius 1 is 1.05 bits per heavy atom. The molecule has 4 heteroatoms. The summed E-state index contributed by atoms with van der Waals surface area (Å²) in [4.78, 5) is 0.276. The van der Waals surface area contributed by atoms with E-state index in [4.69, 9.17) is 11.6 Å². The molecule has 0 bridgehead atoms. The predicted octanol–water partition coefficient (Wildman–Crippen LogP) is 4.43. The second-order valence-corrected chi connectivity index (χ2v) is 6.99. The maximum atomic E-state index is 12.7. The van der Waals surface area contributed by atoms with Gasteiger partial charge in [0.15, 0.2) is 9.84 Å². The summed E-state index contributed by atoms with van der Waals surface area (Å²) < 4.78 is 25.5. The van der Waals surface area contributed by atoms with E-state index in [1.165, 1.54) is 12.1 Å². The van der Waals surface area contributed by atoms with Crippen LogP contribution in [0.15, 0.2) is 72.1 Å². The van der Waals surface area contributed by atoms with E-state index in [0.717, 1.165) is 5.56 Å². The molecule has 2 rings (SSSR count). The molecule has 0 saturated heterocycles. The molecule has 0 aromatic heterocycles. The molecule has 0 radical (unpaired) electrons. The first-order valence-corrected chi connectivity index (χ1v) is 8.13. The number of benzene rings is 2. The molecule has 1 atom stereocenters. The topological polar surface area (TPSA) is 34.1 Å². The van der Waals surface area contributed by atoms with Crippen molar-refractivity contribution < 1.29 is 8.42 Å². The van der Waals surface area contributed by atoms with Crippen LogP contribution in [0.4, 0.5) is 0 Å². The quantitative estimate of drug-likeness (QED) is 0.766. The summed E-state index contributed by atoms with van der Waals surface area (Å²) in [6.45, 7) is 3.66. The summed E-state index contributed by atoms with van der Waals surface area (Å²) >= 11 is 5.81. The summed E-state index contributed by atoms with van der Waals surface area (Å²) in [6, 6.07) is 15.4. The van der Waals surface area contributed by atoms with Gasteiger partial charge in [0, 0.05) is 5.02 Å². The highest BCUT2D eigenvalue weighted by Crippen LogP contribution is 2.32. The molecule has 0 spiro atoms. The molecular formula is C16H15ClO2S. The molecule has 0 saturated carbocycles. The molecule has 0 N–H and O–H groups in total. The van der Waals surface area contributed by atoms with Gasteiger partial charge in [-0.1, -0.05) is 48.0 Å².